The first-order valence-electron chi connectivity index (χ1n) is 10.7. The van der Waals surface area contributed by atoms with Crippen LogP contribution in [-0.2, 0) is 14.3 Å². The van der Waals surface area contributed by atoms with E-state index in [9.17, 15) is 14.9 Å². The molecule has 0 aromatic heterocycles. The van der Waals surface area contributed by atoms with E-state index in [1.165, 1.54) is 0 Å². The maximum atomic E-state index is 12.9. The number of hydrogen-bond donors (Lipinski definition) is 0. The Morgan fingerprint density at radius 1 is 1.24 bits per heavy atom. The van der Waals surface area contributed by atoms with Crippen molar-refractivity contribution in [3.8, 4) is 6.07 Å². The van der Waals surface area contributed by atoms with Crippen molar-refractivity contribution in [1.82, 2.24) is 0 Å². The topological polar surface area (TPSA) is 67.2 Å². The van der Waals surface area contributed by atoms with Gasteiger partial charge in [0.25, 0.3) is 0 Å². The minimum atomic E-state index is -0.936. The van der Waals surface area contributed by atoms with E-state index in [0.29, 0.717) is 18.1 Å². The lowest BCUT2D eigenvalue weighted by Gasteiger charge is -2.26. The van der Waals surface area contributed by atoms with Gasteiger partial charge in [0.15, 0.2) is 11.7 Å². The standard InChI is InChI=1S/C25H29NO3/c1-3-5-8-17(4-2)16-29-25(28)23(15-26)20-12-11-19-13-18-9-6-7-10-21(18)24(27)22(19)14-20/h9-14,17,20,23H,3-8,16H2,1-2H3. The van der Waals surface area contributed by atoms with Crippen molar-refractivity contribution in [2.24, 2.45) is 17.8 Å². The maximum absolute atomic E-state index is 12.9. The van der Waals surface area contributed by atoms with E-state index in [1.807, 2.05) is 24.3 Å². The highest BCUT2D eigenvalue weighted by Gasteiger charge is 2.33. The maximum Gasteiger partial charge on any atom is 0.324 e. The van der Waals surface area contributed by atoms with Crippen LogP contribution in [0.1, 0.15) is 52.4 Å². The number of carbonyl (C=O) groups is 2. The number of ketones is 1. The Bertz CT molecular complexity index is 863. The summed E-state index contributed by atoms with van der Waals surface area (Å²) in [5.74, 6) is -1.57. The van der Waals surface area contributed by atoms with Crippen LogP contribution >= 0.6 is 0 Å². The summed E-state index contributed by atoms with van der Waals surface area (Å²) in [6, 6.07) is 2.10. The Morgan fingerprint density at radius 3 is 2.76 bits per heavy atom. The van der Waals surface area contributed by atoms with Crippen LogP contribution < -0.4 is 0 Å². The molecule has 0 saturated heterocycles. The molecule has 0 radical (unpaired) electrons. The number of unbranched alkanes of at least 4 members (excludes halogenated alkanes) is 1. The van der Waals surface area contributed by atoms with Gasteiger partial charge in [0.2, 0.25) is 0 Å². The number of fused-ring (bicyclic) bond motifs is 2. The highest BCUT2D eigenvalue weighted by molar-refractivity contribution is 6.17. The van der Waals surface area contributed by atoms with Crippen LogP contribution in [0.2, 0.25) is 0 Å². The number of allylic oxidation sites excluding steroid dienone is 10. The van der Waals surface area contributed by atoms with Gasteiger partial charge in [-0.15, -0.1) is 0 Å². The zero-order chi connectivity index (χ0) is 20.8. The minimum absolute atomic E-state index is 0.0153. The van der Waals surface area contributed by atoms with E-state index in [-0.39, 0.29) is 5.78 Å². The number of Topliss-reactive ketones (excluding diaryl/α,β-unsaturated/α-hetero) is 1. The highest BCUT2D eigenvalue weighted by Crippen LogP contribution is 2.37. The van der Waals surface area contributed by atoms with Gasteiger partial charge in [-0.05, 0) is 42.4 Å². The Labute approximate surface area is 173 Å². The minimum Gasteiger partial charge on any atom is -0.464 e. The first kappa shape index (κ1) is 21.0. The molecular formula is C25H29NO3. The van der Waals surface area contributed by atoms with Crippen LogP contribution in [0, 0.1) is 29.1 Å². The molecular weight excluding hydrogens is 362 g/mol. The average molecular weight is 392 g/mol. The second-order valence-corrected chi connectivity index (χ2v) is 7.95. The molecule has 0 spiro atoms. The number of esters is 1. The number of hydrogen-bond acceptors (Lipinski definition) is 4. The number of ether oxygens (including phenoxy) is 1. The predicted molar refractivity (Wildman–Crippen MR) is 113 cm³/mol. The van der Waals surface area contributed by atoms with Crippen molar-refractivity contribution in [3.63, 3.8) is 0 Å². The molecule has 0 bridgehead atoms. The monoisotopic (exact) mass is 391 g/mol. The van der Waals surface area contributed by atoms with Gasteiger partial charge >= 0.3 is 5.97 Å². The van der Waals surface area contributed by atoms with E-state index < -0.39 is 17.8 Å². The molecule has 3 aliphatic carbocycles. The molecule has 3 unspecified atom stereocenters. The van der Waals surface area contributed by atoms with Crippen LogP contribution in [0.5, 0.6) is 0 Å². The van der Waals surface area contributed by atoms with E-state index in [2.05, 4.69) is 26.0 Å². The molecule has 0 saturated carbocycles. The van der Waals surface area contributed by atoms with Gasteiger partial charge in [0.05, 0.1) is 12.7 Å². The number of nitrogens with zero attached hydrogens (tertiary/aromatic N) is 1. The molecule has 3 rings (SSSR count). The van der Waals surface area contributed by atoms with Crippen molar-refractivity contribution in [2.45, 2.75) is 52.4 Å². The molecule has 0 aliphatic heterocycles. The molecule has 3 atom stereocenters. The van der Waals surface area contributed by atoms with Crippen molar-refractivity contribution < 1.29 is 14.3 Å². The SMILES string of the molecule is CCCCC(CC)COC(=O)C(C#N)C1C=CC2=CC3=CCCC=C3C(=O)C2=C1. The van der Waals surface area contributed by atoms with Gasteiger partial charge in [-0.2, -0.15) is 5.26 Å². The van der Waals surface area contributed by atoms with Gasteiger partial charge < -0.3 is 4.74 Å². The Balaban J connectivity index is 1.72. The van der Waals surface area contributed by atoms with Crippen molar-refractivity contribution in [1.29, 1.82) is 5.26 Å². The quantitative estimate of drug-likeness (QED) is 0.536. The molecule has 4 heteroatoms. The largest absolute Gasteiger partial charge is 0.464 e. The first-order chi connectivity index (χ1) is 14.1. The van der Waals surface area contributed by atoms with Crippen LogP contribution in [-0.4, -0.2) is 18.4 Å². The lowest BCUT2D eigenvalue weighted by molar-refractivity contribution is -0.148. The summed E-state index contributed by atoms with van der Waals surface area (Å²) in [5.41, 5.74) is 3.15. The summed E-state index contributed by atoms with van der Waals surface area (Å²) < 4.78 is 5.50. The fourth-order valence-electron chi connectivity index (χ4n) is 4.04. The molecule has 0 amide bonds. The molecule has 0 fully saturated rings. The van der Waals surface area contributed by atoms with Crippen molar-refractivity contribution in [3.05, 3.63) is 58.7 Å². The second-order valence-electron chi connectivity index (χ2n) is 7.95. The zero-order valence-electron chi connectivity index (χ0n) is 17.3. The lowest BCUT2D eigenvalue weighted by Crippen LogP contribution is -2.27. The van der Waals surface area contributed by atoms with Crippen LogP contribution in [0.15, 0.2) is 58.7 Å². The Hall–Kier alpha value is -2.67. The molecule has 0 heterocycles. The van der Waals surface area contributed by atoms with Gasteiger partial charge in [-0.1, -0.05) is 63.5 Å². The molecule has 0 aromatic carbocycles. The van der Waals surface area contributed by atoms with Crippen LogP contribution in [0.25, 0.3) is 0 Å². The highest BCUT2D eigenvalue weighted by atomic mass is 16.5. The fraction of sp³-hybridized carbons (Fsp3) is 0.480. The summed E-state index contributed by atoms with van der Waals surface area (Å²) >= 11 is 0. The summed E-state index contributed by atoms with van der Waals surface area (Å²) in [5, 5.41) is 9.63. The van der Waals surface area contributed by atoms with Crippen molar-refractivity contribution >= 4 is 11.8 Å². The third-order valence-corrected chi connectivity index (χ3v) is 5.94. The van der Waals surface area contributed by atoms with Gasteiger partial charge in [0.1, 0.15) is 0 Å². The Kier molecular flexibility index (Phi) is 7.04. The fourth-order valence-corrected chi connectivity index (χ4v) is 4.04. The van der Waals surface area contributed by atoms with E-state index in [4.69, 9.17) is 4.74 Å². The summed E-state index contributed by atoms with van der Waals surface area (Å²) in [6.45, 7) is 4.59. The van der Waals surface area contributed by atoms with E-state index >= 15 is 0 Å². The number of rotatable bonds is 8. The molecule has 3 aliphatic rings. The van der Waals surface area contributed by atoms with Gasteiger partial charge in [-0.3, -0.25) is 9.59 Å². The van der Waals surface area contributed by atoms with Crippen LogP contribution in [0.4, 0.5) is 0 Å². The second kappa shape index (κ2) is 9.69. The number of nitriles is 1. The van der Waals surface area contributed by atoms with Gasteiger partial charge in [0, 0.05) is 17.1 Å². The lowest BCUT2D eigenvalue weighted by atomic mass is 9.76. The van der Waals surface area contributed by atoms with E-state index in [0.717, 1.165) is 55.2 Å². The predicted octanol–water partition coefficient (Wildman–Crippen LogP) is 5.15. The summed E-state index contributed by atoms with van der Waals surface area (Å²) in [6.07, 6.45) is 17.6. The number of carbonyl (C=O) groups excluding carboxylic acids is 2. The Morgan fingerprint density at radius 2 is 2.03 bits per heavy atom. The molecule has 0 aromatic rings. The van der Waals surface area contributed by atoms with Crippen LogP contribution in [0.3, 0.4) is 0 Å². The summed E-state index contributed by atoms with van der Waals surface area (Å²) in [4.78, 5) is 25.5. The van der Waals surface area contributed by atoms with Gasteiger partial charge in [-0.25, -0.2) is 0 Å². The zero-order valence-corrected chi connectivity index (χ0v) is 17.3. The molecule has 0 N–H and O–H groups in total. The summed E-state index contributed by atoms with van der Waals surface area (Å²) in [7, 11) is 0. The molecule has 4 nitrogen and oxygen atoms in total. The third-order valence-electron chi connectivity index (χ3n) is 5.94. The normalized spacial score (nSPS) is 22.1. The third kappa shape index (κ3) is 4.67. The smallest absolute Gasteiger partial charge is 0.324 e. The first-order valence-corrected chi connectivity index (χ1v) is 10.7. The van der Waals surface area contributed by atoms with Crippen molar-refractivity contribution in [2.75, 3.05) is 6.61 Å². The molecule has 29 heavy (non-hydrogen) atoms. The molecule has 152 valence electrons. The van der Waals surface area contributed by atoms with E-state index in [1.54, 1.807) is 6.08 Å². The average Bonchev–Trinajstić information content (AvgIpc) is 2.75.